The molecule has 0 amide bonds. The minimum absolute atomic E-state index is 0.540. The summed E-state index contributed by atoms with van der Waals surface area (Å²) in [5.74, 6) is 4.25. The molecule has 1 heteroatoms. The van der Waals surface area contributed by atoms with E-state index in [4.69, 9.17) is 5.73 Å². The Morgan fingerprint density at radius 1 is 1.05 bits per heavy atom. The molecule has 3 saturated carbocycles. The van der Waals surface area contributed by atoms with E-state index in [-0.39, 0.29) is 0 Å². The Bertz CT molecular complexity index is 303. The quantitative estimate of drug-likeness (QED) is 0.715. The summed E-state index contributed by atoms with van der Waals surface area (Å²) in [7, 11) is 0. The summed E-state index contributed by atoms with van der Waals surface area (Å²) in [4.78, 5) is 0. The maximum atomic E-state index is 6.26. The fourth-order valence-corrected chi connectivity index (χ4v) is 5.75. The van der Waals surface area contributed by atoms with E-state index in [1.807, 2.05) is 0 Å². The van der Waals surface area contributed by atoms with Crippen LogP contribution in [0.2, 0.25) is 0 Å². The number of fused-ring (bicyclic) bond motifs is 2. The molecule has 2 bridgehead atoms. The molecule has 0 radical (unpaired) electrons. The van der Waals surface area contributed by atoms with E-state index >= 15 is 0 Å². The fourth-order valence-electron chi connectivity index (χ4n) is 5.75. The first-order valence-corrected chi connectivity index (χ1v) is 9.45. The van der Waals surface area contributed by atoms with E-state index in [2.05, 4.69) is 6.92 Å². The van der Waals surface area contributed by atoms with Gasteiger partial charge in [-0.05, 0) is 87.0 Å². The topological polar surface area (TPSA) is 26.0 Å². The number of hydrogen-bond donors (Lipinski definition) is 1. The van der Waals surface area contributed by atoms with Gasteiger partial charge in [0.05, 0.1) is 0 Å². The van der Waals surface area contributed by atoms with Gasteiger partial charge in [0.2, 0.25) is 0 Å². The zero-order valence-electron chi connectivity index (χ0n) is 13.6. The summed E-state index contributed by atoms with van der Waals surface area (Å²) in [6.07, 6.45) is 17.8. The van der Waals surface area contributed by atoms with Crippen LogP contribution in [-0.2, 0) is 0 Å². The normalized spacial score (nSPS) is 44.1. The minimum atomic E-state index is 0.540. The van der Waals surface area contributed by atoms with Gasteiger partial charge in [-0.15, -0.1) is 0 Å². The summed E-state index contributed by atoms with van der Waals surface area (Å²) < 4.78 is 0. The molecule has 0 aromatic carbocycles. The largest absolute Gasteiger partial charge is 0.330 e. The molecule has 0 heterocycles. The SMILES string of the molecule is CCCCC1CCC(CN)(CC2CC3CCC2C3)CC1. The van der Waals surface area contributed by atoms with Gasteiger partial charge in [-0.1, -0.05) is 32.6 Å². The molecule has 0 aliphatic heterocycles. The van der Waals surface area contributed by atoms with Gasteiger partial charge in [0.25, 0.3) is 0 Å². The lowest BCUT2D eigenvalue weighted by Crippen LogP contribution is -2.37. The lowest BCUT2D eigenvalue weighted by molar-refractivity contribution is 0.0992. The van der Waals surface area contributed by atoms with Crippen molar-refractivity contribution in [1.29, 1.82) is 0 Å². The maximum Gasteiger partial charge on any atom is -0.00204 e. The molecular weight excluding hydrogens is 242 g/mol. The van der Waals surface area contributed by atoms with Gasteiger partial charge in [0.15, 0.2) is 0 Å². The van der Waals surface area contributed by atoms with Crippen LogP contribution in [0.25, 0.3) is 0 Å². The second-order valence-electron chi connectivity index (χ2n) is 8.43. The van der Waals surface area contributed by atoms with Crippen molar-refractivity contribution in [2.24, 2.45) is 34.8 Å². The minimum Gasteiger partial charge on any atom is -0.330 e. The average molecular weight is 277 g/mol. The van der Waals surface area contributed by atoms with Crippen LogP contribution < -0.4 is 5.73 Å². The van der Waals surface area contributed by atoms with Crippen molar-refractivity contribution in [3.8, 4) is 0 Å². The Labute approximate surface area is 126 Å². The first-order chi connectivity index (χ1) is 9.74. The molecule has 3 atom stereocenters. The lowest BCUT2D eigenvalue weighted by Gasteiger charge is -2.42. The van der Waals surface area contributed by atoms with E-state index in [0.29, 0.717) is 5.41 Å². The monoisotopic (exact) mass is 277 g/mol. The van der Waals surface area contributed by atoms with Gasteiger partial charge in [-0.25, -0.2) is 0 Å². The maximum absolute atomic E-state index is 6.26. The third-order valence-corrected chi connectivity index (χ3v) is 7.14. The zero-order chi connectivity index (χ0) is 14.0. The van der Waals surface area contributed by atoms with Crippen LogP contribution in [0, 0.1) is 29.1 Å². The molecule has 2 N–H and O–H groups in total. The van der Waals surface area contributed by atoms with Crippen LogP contribution in [0.15, 0.2) is 0 Å². The van der Waals surface area contributed by atoms with Crippen molar-refractivity contribution in [2.75, 3.05) is 6.54 Å². The molecule has 3 fully saturated rings. The Balaban J connectivity index is 1.51. The number of nitrogens with two attached hydrogens (primary N) is 1. The number of unbranched alkanes of at least 4 members (excludes halogenated alkanes) is 1. The molecule has 20 heavy (non-hydrogen) atoms. The van der Waals surface area contributed by atoms with E-state index in [0.717, 1.165) is 30.2 Å². The van der Waals surface area contributed by atoms with Crippen molar-refractivity contribution in [3.05, 3.63) is 0 Å². The van der Waals surface area contributed by atoms with Gasteiger partial charge in [0, 0.05) is 0 Å². The third kappa shape index (κ3) is 3.08. The summed E-state index contributed by atoms with van der Waals surface area (Å²) >= 11 is 0. The van der Waals surface area contributed by atoms with Crippen LogP contribution in [0.1, 0.15) is 84.0 Å². The first-order valence-electron chi connectivity index (χ1n) is 9.45. The van der Waals surface area contributed by atoms with Crippen molar-refractivity contribution in [2.45, 2.75) is 84.0 Å². The van der Waals surface area contributed by atoms with Gasteiger partial charge < -0.3 is 5.73 Å². The molecule has 3 rings (SSSR count). The van der Waals surface area contributed by atoms with Crippen molar-refractivity contribution in [1.82, 2.24) is 0 Å². The molecule has 1 nitrogen and oxygen atoms in total. The van der Waals surface area contributed by atoms with Crippen molar-refractivity contribution >= 4 is 0 Å². The Morgan fingerprint density at radius 2 is 1.85 bits per heavy atom. The predicted molar refractivity (Wildman–Crippen MR) is 86.5 cm³/mol. The molecule has 0 aromatic rings. The second kappa shape index (κ2) is 6.38. The van der Waals surface area contributed by atoms with E-state index < -0.39 is 0 Å². The highest BCUT2D eigenvalue weighted by Crippen LogP contribution is 2.54. The van der Waals surface area contributed by atoms with Crippen LogP contribution in [0.4, 0.5) is 0 Å². The molecule has 0 saturated heterocycles. The molecule has 116 valence electrons. The number of rotatable bonds is 6. The molecule has 3 aliphatic rings. The van der Waals surface area contributed by atoms with E-state index in [1.165, 1.54) is 64.2 Å². The molecule has 0 aromatic heterocycles. The summed E-state index contributed by atoms with van der Waals surface area (Å²) in [6, 6.07) is 0. The third-order valence-electron chi connectivity index (χ3n) is 7.14. The van der Waals surface area contributed by atoms with E-state index in [9.17, 15) is 0 Å². The Kier molecular flexibility index (Phi) is 4.75. The number of hydrogen-bond acceptors (Lipinski definition) is 1. The van der Waals surface area contributed by atoms with Gasteiger partial charge >= 0.3 is 0 Å². The summed E-state index contributed by atoms with van der Waals surface area (Å²) in [6.45, 7) is 3.28. The van der Waals surface area contributed by atoms with Crippen molar-refractivity contribution < 1.29 is 0 Å². The zero-order valence-corrected chi connectivity index (χ0v) is 13.6. The van der Waals surface area contributed by atoms with Crippen LogP contribution in [0.3, 0.4) is 0 Å². The molecule has 3 aliphatic carbocycles. The second-order valence-corrected chi connectivity index (χ2v) is 8.43. The highest BCUT2D eigenvalue weighted by Gasteiger charge is 2.44. The average Bonchev–Trinajstić information content (AvgIpc) is 3.09. The highest BCUT2D eigenvalue weighted by molar-refractivity contribution is 4.95. The summed E-state index contributed by atoms with van der Waals surface area (Å²) in [5, 5.41) is 0. The predicted octanol–water partition coefficient (Wildman–Crippen LogP) is 5.14. The van der Waals surface area contributed by atoms with Gasteiger partial charge in [-0.2, -0.15) is 0 Å². The van der Waals surface area contributed by atoms with E-state index in [1.54, 1.807) is 12.8 Å². The van der Waals surface area contributed by atoms with Crippen LogP contribution in [-0.4, -0.2) is 6.54 Å². The van der Waals surface area contributed by atoms with Crippen LogP contribution in [0.5, 0.6) is 0 Å². The molecular formula is C19H35N. The smallest absolute Gasteiger partial charge is 0.00204 e. The van der Waals surface area contributed by atoms with Crippen LogP contribution >= 0.6 is 0 Å². The molecule has 0 spiro atoms. The highest BCUT2D eigenvalue weighted by atomic mass is 14.6. The molecule has 3 unspecified atom stereocenters. The lowest BCUT2D eigenvalue weighted by atomic mass is 9.64. The van der Waals surface area contributed by atoms with Gasteiger partial charge in [-0.3, -0.25) is 0 Å². The van der Waals surface area contributed by atoms with Crippen molar-refractivity contribution in [3.63, 3.8) is 0 Å². The first kappa shape index (κ1) is 14.9. The Morgan fingerprint density at radius 3 is 2.40 bits per heavy atom. The standard InChI is InChI=1S/C19H35N/c1-2-3-4-15-7-9-19(14-20,10-8-15)13-18-12-16-5-6-17(18)11-16/h15-18H,2-14,20H2,1H3. The van der Waals surface area contributed by atoms with Gasteiger partial charge in [0.1, 0.15) is 0 Å². The Hall–Kier alpha value is -0.0400. The summed E-state index contributed by atoms with van der Waals surface area (Å²) in [5.41, 5.74) is 6.80. The fraction of sp³-hybridized carbons (Fsp3) is 1.00.